The van der Waals surface area contributed by atoms with E-state index >= 15 is 0 Å². The van der Waals surface area contributed by atoms with Gasteiger partial charge < -0.3 is 5.32 Å². The first-order chi connectivity index (χ1) is 13.4. The molecule has 4 nitrogen and oxygen atoms in total. The predicted molar refractivity (Wildman–Crippen MR) is 103 cm³/mol. The van der Waals surface area contributed by atoms with Crippen LogP contribution in [0.4, 0.5) is 13.2 Å². The van der Waals surface area contributed by atoms with Gasteiger partial charge in [-0.1, -0.05) is 36.8 Å². The van der Waals surface area contributed by atoms with Gasteiger partial charge in [-0.05, 0) is 37.1 Å². The third-order valence-corrected chi connectivity index (χ3v) is 5.45. The smallest absolute Gasteiger partial charge is 0.350 e. The van der Waals surface area contributed by atoms with Crippen molar-refractivity contribution in [3.8, 4) is 0 Å². The Morgan fingerprint density at radius 3 is 2.71 bits per heavy atom. The lowest BCUT2D eigenvalue weighted by atomic mass is 10.0. The van der Waals surface area contributed by atoms with E-state index in [4.69, 9.17) is 0 Å². The number of halogens is 3. The average Bonchev–Trinajstić information content (AvgIpc) is 2.67. The molecule has 0 bridgehead atoms. The van der Waals surface area contributed by atoms with Crippen LogP contribution in [0, 0.1) is 0 Å². The predicted octanol–water partition coefficient (Wildman–Crippen LogP) is 4.48. The van der Waals surface area contributed by atoms with E-state index < -0.39 is 11.4 Å². The molecular weight excluding hydrogens is 387 g/mol. The number of thioether (sulfide) groups is 1. The van der Waals surface area contributed by atoms with Crippen molar-refractivity contribution < 1.29 is 18.0 Å². The number of pyridine rings is 1. The highest BCUT2D eigenvalue weighted by atomic mass is 32.2. The van der Waals surface area contributed by atoms with Crippen LogP contribution >= 0.6 is 11.8 Å². The van der Waals surface area contributed by atoms with Crippen LogP contribution < -0.4 is 5.32 Å². The second-order valence-electron chi connectivity index (χ2n) is 6.72. The summed E-state index contributed by atoms with van der Waals surface area (Å²) >= 11 is -0.363. The Morgan fingerprint density at radius 2 is 1.96 bits per heavy atom. The Balaban J connectivity index is 1.63. The molecule has 1 atom stereocenters. The maximum Gasteiger partial charge on any atom is 0.447 e. The van der Waals surface area contributed by atoms with Gasteiger partial charge in [0.05, 0.1) is 5.56 Å². The van der Waals surface area contributed by atoms with Crippen molar-refractivity contribution >= 4 is 17.7 Å². The summed E-state index contributed by atoms with van der Waals surface area (Å²) in [5.41, 5.74) is -3.33. The second-order valence-corrected chi connectivity index (χ2v) is 7.77. The number of piperidine rings is 1. The molecule has 1 aromatic heterocycles. The maximum absolute atomic E-state index is 12.7. The van der Waals surface area contributed by atoms with Crippen molar-refractivity contribution in [3.05, 3.63) is 59.8 Å². The van der Waals surface area contributed by atoms with Gasteiger partial charge in [0.15, 0.2) is 0 Å². The Kier molecular flexibility index (Phi) is 6.96. The molecule has 0 spiro atoms. The number of likely N-dealkylation sites (tertiary alicyclic amines) is 1. The summed E-state index contributed by atoms with van der Waals surface area (Å²) in [7, 11) is 0. The first-order valence-electron chi connectivity index (χ1n) is 9.19. The highest BCUT2D eigenvalue weighted by Crippen LogP contribution is 2.37. The molecule has 0 radical (unpaired) electrons. The van der Waals surface area contributed by atoms with E-state index in [2.05, 4.69) is 27.3 Å². The number of nitrogens with one attached hydrogen (secondary N) is 1. The highest BCUT2D eigenvalue weighted by molar-refractivity contribution is 8.00. The van der Waals surface area contributed by atoms with Crippen LogP contribution in [0.1, 0.15) is 35.2 Å². The summed E-state index contributed by atoms with van der Waals surface area (Å²) in [5.74, 6) is -0.523. The molecular formula is C20H22F3N3OS. The zero-order valence-electron chi connectivity index (χ0n) is 15.3. The fourth-order valence-corrected chi connectivity index (χ4v) is 3.98. The van der Waals surface area contributed by atoms with E-state index in [9.17, 15) is 18.0 Å². The largest absolute Gasteiger partial charge is 0.447 e. The molecule has 2 aromatic rings. The van der Waals surface area contributed by atoms with E-state index in [-0.39, 0.29) is 28.4 Å². The monoisotopic (exact) mass is 409 g/mol. The van der Waals surface area contributed by atoms with Crippen LogP contribution in [-0.2, 0) is 6.54 Å². The number of benzene rings is 1. The summed E-state index contributed by atoms with van der Waals surface area (Å²) < 4.78 is 38.1. The number of aromatic nitrogens is 1. The summed E-state index contributed by atoms with van der Waals surface area (Å²) in [4.78, 5) is 18.6. The topological polar surface area (TPSA) is 45.2 Å². The molecule has 3 rings (SSSR count). The van der Waals surface area contributed by atoms with E-state index in [1.54, 1.807) is 0 Å². The summed E-state index contributed by atoms with van der Waals surface area (Å²) in [6, 6.07) is 13.1. The van der Waals surface area contributed by atoms with E-state index in [0.717, 1.165) is 32.4 Å². The molecule has 150 valence electrons. The molecule has 1 aromatic carbocycles. The van der Waals surface area contributed by atoms with Crippen molar-refractivity contribution in [2.45, 2.75) is 42.4 Å². The molecule has 1 unspecified atom stereocenters. The van der Waals surface area contributed by atoms with Gasteiger partial charge in [-0.15, -0.1) is 0 Å². The fourth-order valence-electron chi connectivity index (χ4n) is 3.38. The first kappa shape index (κ1) is 20.7. The minimum Gasteiger partial charge on any atom is -0.350 e. The van der Waals surface area contributed by atoms with Gasteiger partial charge in [0.2, 0.25) is 0 Å². The van der Waals surface area contributed by atoms with Gasteiger partial charge in [0.1, 0.15) is 5.03 Å². The minimum atomic E-state index is -4.49. The number of amides is 1. The number of alkyl halides is 3. The second kappa shape index (κ2) is 9.43. The number of carbonyl (C=O) groups excluding carboxylic acids is 1. The van der Waals surface area contributed by atoms with Crippen molar-refractivity contribution in [1.82, 2.24) is 15.2 Å². The van der Waals surface area contributed by atoms with Gasteiger partial charge in [0.25, 0.3) is 5.91 Å². The van der Waals surface area contributed by atoms with Crippen LogP contribution in [0.15, 0.2) is 53.7 Å². The average molecular weight is 409 g/mol. The third kappa shape index (κ3) is 5.97. The normalized spacial score (nSPS) is 18.0. The Labute approximate surface area is 166 Å². The lowest BCUT2D eigenvalue weighted by molar-refractivity contribution is -0.0329. The molecule has 1 saturated heterocycles. The van der Waals surface area contributed by atoms with Crippen molar-refractivity contribution in [3.63, 3.8) is 0 Å². The summed E-state index contributed by atoms with van der Waals surface area (Å²) in [6.45, 7) is 2.14. The molecule has 1 fully saturated rings. The maximum atomic E-state index is 12.7. The Morgan fingerprint density at radius 1 is 1.18 bits per heavy atom. The molecule has 8 heteroatoms. The van der Waals surface area contributed by atoms with Gasteiger partial charge in [-0.25, -0.2) is 4.98 Å². The highest BCUT2D eigenvalue weighted by Gasteiger charge is 2.32. The van der Waals surface area contributed by atoms with Gasteiger partial charge in [0, 0.05) is 37.1 Å². The lowest BCUT2D eigenvalue weighted by Gasteiger charge is -2.36. The molecule has 1 amide bonds. The number of carbonyl (C=O) groups is 1. The fraction of sp³-hybridized carbons (Fsp3) is 0.400. The van der Waals surface area contributed by atoms with Crippen LogP contribution in [0.2, 0.25) is 0 Å². The van der Waals surface area contributed by atoms with Gasteiger partial charge in [-0.3, -0.25) is 9.69 Å². The van der Waals surface area contributed by atoms with E-state index in [1.807, 2.05) is 18.2 Å². The van der Waals surface area contributed by atoms with Gasteiger partial charge >= 0.3 is 5.51 Å². The molecule has 0 saturated carbocycles. The van der Waals surface area contributed by atoms with Gasteiger partial charge in [-0.2, -0.15) is 13.2 Å². The zero-order chi connectivity index (χ0) is 20.0. The number of hydrogen-bond acceptors (Lipinski definition) is 4. The quantitative estimate of drug-likeness (QED) is 0.715. The standard InChI is InChI=1S/C20H22F3N3OS/c21-20(22,23)28-19-17(10-6-11-24-19)18(27)25-13-16-9-4-5-12-26(16)14-15-7-2-1-3-8-15/h1-3,6-8,10-11,16H,4-5,9,12-14H2,(H,25,27). The molecule has 1 aliphatic rings. The van der Waals surface area contributed by atoms with E-state index in [0.29, 0.717) is 6.54 Å². The first-order valence-corrected chi connectivity index (χ1v) is 10.0. The summed E-state index contributed by atoms with van der Waals surface area (Å²) in [6.07, 6.45) is 4.39. The molecule has 2 heterocycles. The van der Waals surface area contributed by atoms with Crippen molar-refractivity contribution in [2.24, 2.45) is 0 Å². The number of hydrogen-bond donors (Lipinski definition) is 1. The third-order valence-electron chi connectivity index (χ3n) is 4.70. The zero-order valence-corrected chi connectivity index (χ0v) is 16.1. The van der Waals surface area contributed by atoms with Crippen LogP contribution in [-0.4, -0.2) is 40.4 Å². The summed E-state index contributed by atoms with van der Waals surface area (Å²) in [5, 5.41) is 2.49. The van der Waals surface area contributed by atoms with Crippen LogP contribution in [0.3, 0.4) is 0 Å². The number of rotatable bonds is 6. The Hall–Kier alpha value is -2.06. The van der Waals surface area contributed by atoms with Crippen molar-refractivity contribution in [2.75, 3.05) is 13.1 Å². The molecule has 28 heavy (non-hydrogen) atoms. The SMILES string of the molecule is O=C(NCC1CCCCN1Cc1ccccc1)c1cccnc1SC(F)(F)F. The van der Waals surface area contributed by atoms with Crippen molar-refractivity contribution in [1.29, 1.82) is 0 Å². The van der Waals surface area contributed by atoms with Crippen LogP contribution in [0.25, 0.3) is 0 Å². The lowest BCUT2D eigenvalue weighted by Crippen LogP contribution is -2.46. The molecule has 1 N–H and O–H groups in total. The van der Waals surface area contributed by atoms with E-state index in [1.165, 1.54) is 23.9 Å². The molecule has 1 aliphatic heterocycles. The van der Waals surface area contributed by atoms with Crippen LogP contribution in [0.5, 0.6) is 0 Å². The molecule has 0 aliphatic carbocycles. The Bertz CT molecular complexity index is 786. The minimum absolute atomic E-state index is 0.0461. The number of nitrogens with zero attached hydrogens (tertiary/aromatic N) is 2.